The van der Waals surface area contributed by atoms with Gasteiger partial charge in [0, 0.05) is 32.7 Å². The number of aryl methyl sites for hydroxylation is 2. The standard InChI is InChI=1S/C15H26N4O4S/c1-11(2)9-16-14(20)10-18-5-7-19(8-6-18)24(21,22)15-12(3)17-23-13(15)4/h11H,5-10H2,1-4H3,(H,16,20). The molecule has 1 amide bonds. The van der Waals surface area contributed by atoms with Crippen molar-refractivity contribution in [3.8, 4) is 0 Å². The molecule has 0 bridgehead atoms. The number of sulfonamides is 1. The third-order valence-electron chi connectivity index (χ3n) is 3.97. The Labute approximate surface area is 143 Å². The maximum Gasteiger partial charge on any atom is 0.248 e. The minimum atomic E-state index is -3.60. The SMILES string of the molecule is Cc1noc(C)c1S(=O)(=O)N1CCN(CC(=O)NCC(C)C)CC1. The van der Waals surface area contributed by atoms with Crippen molar-refractivity contribution in [1.29, 1.82) is 0 Å². The number of nitrogens with one attached hydrogen (secondary N) is 1. The van der Waals surface area contributed by atoms with Gasteiger partial charge in [0.05, 0.1) is 6.54 Å². The van der Waals surface area contributed by atoms with Crippen molar-refractivity contribution < 1.29 is 17.7 Å². The highest BCUT2D eigenvalue weighted by Gasteiger charge is 2.33. The van der Waals surface area contributed by atoms with Crippen LogP contribution in [0.3, 0.4) is 0 Å². The number of carbonyl (C=O) groups is 1. The van der Waals surface area contributed by atoms with E-state index in [4.69, 9.17) is 4.52 Å². The molecule has 0 aliphatic carbocycles. The monoisotopic (exact) mass is 358 g/mol. The zero-order valence-electron chi connectivity index (χ0n) is 14.7. The molecule has 0 radical (unpaired) electrons. The smallest absolute Gasteiger partial charge is 0.248 e. The van der Waals surface area contributed by atoms with Gasteiger partial charge in [0.1, 0.15) is 10.6 Å². The molecule has 2 rings (SSSR count). The topological polar surface area (TPSA) is 95.8 Å². The quantitative estimate of drug-likeness (QED) is 0.789. The molecule has 1 fully saturated rings. The molecule has 0 atom stereocenters. The highest BCUT2D eigenvalue weighted by molar-refractivity contribution is 7.89. The first-order valence-corrected chi connectivity index (χ1v) is 9.58. The van der Waals surface area contributed by atoms with Crippen LogP contribution in [0.4, 0.5) is 0 Å². The maximum atomic E-state index is 12.7. The molecule has 24 heavy (non-hydrogen) atoms. The van der Waals surface area contributed by atoms with Crippen molar-refractivity contribution >= 4 is 15.9 Å². The first-order valence-electron chi connectivity index (χ1n) is 8.14. The van der Waals surface area contributed by atoms with E-state index in [9.17, 15) is 13.2 Å². The van der Waals surface area contributed by atoms with Crippen molar-refractivity contribution in [2.45, 2.75) is 32.6 Å². The molecule has 1 aliphatic rings. The molecule has 0 unspecified atom stereocenters. The van der Waals surface area contributed by atoms with E-state index in [1.54, 1.807) is 13.8 Å². The van der Waals surface area contributed by atoms with Crippen LogP contribution in [0.15, 0.2) is 9.42 Å². The van der Waals surface area contributed by atoms with Crippen LogP contribution < -0.4 is 5.32 Å². The van der Waals surface area contributed by atoms with Gasteiger partial charge in [-0.15, -0.1) is 0 Å². The summed E-state index contributed by atoms with van der Waals surface area (Å²) >= 11 is 0. The van der Waals surface area contributed by atoms with E-state index in [-0.39, 0.29) is 10.8 Å². The van der Waals surface area contributed by atoms with Crippen LogP contribution in [-0.2, 0) is 14.8 Å². The van der Waals surface area contributed by atoms with Gasteiger partial charge in [-0.2, -0.15) is 4.31 Å². The summed E-state index contributed by atoms with van der Waals surface area (Å²) in [6, 6.07) is 0. The fourth-order valence-electron chi connectivity index (χ4n) is 2.68. The highest BCUT2D eigenvalue weighted by atomic mass is 32.2. The van der Waals surface area contributed by atoms with Crippen molar-refractivity contribution in [2.75, 3.05) is 39.3 Å². The van der Waals surface area contributed by atoms with E-state index >= 15 is 0 Å². The minimum absolute atomic E-state index is 0.0225. The Bertz CT molecular complexity index is 656. The molecule has 9 heteroatoms. The number of hydrogen-bond donors (Lipinski definition) is 1. The molecule has 1 aromatic heterocycles. The average molecular weight is 358 g/mol. The van der Waals surface area contributed by atoms with Crippen molar-refractivity contribution in [3.63, 3.8) is 0 Å². The number of amides is 1. The predicted molar refractivity (Wildman–Crippen MR) is 89.0 cm³/mol. The van der Waals surface area contributed by atoms with Crippen LogP contribution >= 0.6 is 0 Å². The van der Waals surface area contributed by atoms with E-state index in [2.05, 4.69) is 10.5 Å². The summed E-state index contributed by atoms with van der Waals surface area (Å²) in [6.45, 7) is 10.0. The lowest BCUT2D eigenvalue weighted by Gasteiger charge is -2.33. The molecular formula is C15H26N4O4S. The van der Waals surface area contributed by atoms with Gasteiger partial charge in [0.2, 0.25) is 15.9 Å². The molecule has 8 nitrogen and oxygen atoms in total. The molecule has 136 valence electrons. The summed E-state index contributed by atoms with van der Waals surface area (Å²) < 4.78 is 31.9. The molecule has 0 aromatic carbocycles. The van der Waals surface area contributed by atoms with Crippen LogP contribution in [0.1, 0.15) is 25.3 Å². The Balaban J connectivity index is 1.92. The van der Waals surface area contributed by atoms with Crippen LogP contribution in [0.25, 0.3) is 0 Å². The molecule has 1 saturated heterocycles. The van der Waals surface area contributed by atoms with Crippen LogP contribution in [0.2, 0.25) is 0 Å². The number of hydrogen-bond acceptors (Lipinski definition) is 6. The summed E-state index contributed by atoms with van der Waals surface area (Å²) in [6.07, 6.45) is 0. The number of nitrogens with zero attached hydrogens (tertiary/aromatic N) is 3. The second-order valence-electron chi connectivity index (χ2n) is 6.53. The summed E-state index contributed by atoms with van der Waals surface area (Å²) in [7, 11) is -3.60. The van der Waals surface area contributed by atoms with Gasteiger partial charge in [-0.05, 0) is 19.8 Å². The molecule has 0 spiro atoms. The zero-order valence-corrected chi connectivity index (χ0v) is 15.5. The minimum Gasteiger partial charge on any atom is -0.360 e. The normalized spacial score (nSPS) is 17.4. The summed E-state index contributed by atoms with van der Waals surface area (Å²) in [5.41, 5.74) is 0.378. The number of rotatable bonds is 6. The van der Waals surface area contributed by atoms with E-state index in [1.165, 1.54) is 4.31 Å². The van der Waals surface area contributed by atoms with Crippen molar-refractivity contribution in [1.82, 2.24) is 19.7 Å². The number of piperazine rings is 1. The van der Waals surface area contributed by atoms with Gasteiger partial charge in [-0.3, -0.25) is 9.69 Å². The predicted octanol–water partition coefficient (Wildman–Crippen LogP) is 0.370. The third kappa shape index (κ3) is 4.34. The molecule has 1 N–H and O–H groups in total. The van der Waals surface area contributed by atoms with Gasteiger partial charge >= 0.3 is 0 Å². The third-order valence-corrected chi connectivity index (χ3v) is 6.12. The largest absolute Gasteiger partial charge is 0.360 e. The van der Waals surface area contributed by atoms with Gasteiger partial charge in [-0.1, -0.05) is 19.0 Å². The van der Waals surface area contributed by atoms with E-state index in [0.717, 1.165) is 0 Å². The summed E-state index contributed by atoms with van der Waals surface area (Å²) in [4.78, 5) is 14.0. The maximum absolute atomic E-state index is 12.7. The van der Waals surface area contributed by atoms with E-state index in [0.29, 0.717) is 56.6 Å². The number of carbonyl (C=O) groups excluding carboxylic acids is 1. The lowest BCUT2D eigenvalue weighted by molar-refractivity contribution is -0.122. The molecule has 2 heterocycles. The van der Waals surface area contributed by atoms with Gasteiger partial charge in [-0.25, -0.2) is 8.42 Å². The molecule has 0 saturated carbocycles. The highest BCUT2D eigenvalue weighted by Crippen LogP contribution is 2.24. The van der Waals surface area contributed by atoms with E-state index in [1.807, 2.05) is 18.7 Å². The number of aromatic nitrogens is 1. The van der Waals surface area contributed by atoms with Crippen molar-refractivity contribution in [3.05, 3.63) is 11.5 Å². The van der Waals surface area contributed by atoms with Crippen LogP contribution in [0.5, 0.6) is 0 Å². The lowest BCUT2D eigenvalue weighted by atomic mass is 10.2. The first kappa shape index (κ1) is 18.9. The Morgan fingerprint density at radius 2 is 1.88 bits per heavy atom. The molecule has 1 aliphatic heterocycles. The van der Waals surface area contributed by atoms with Gasteiger partial charge < -0.3 is 9.84 Å². The van der Waals surface area contributed by atoms with E-state index < -0.39 is 10.0 Å². The van der Waals surface area contributed by atoms with Gasteiger partial charge in [0.15, 0.2) is 5.76 Å². The first-order chi connectivity index (χ1) is 11.2. The van der Waals surface area contributed by atoms with Crippen LogP contribution in [-0.4, -0.2) is 68.0 Å². The molecular weight excluding hydrogens is 332 g/mol. The summed E-state index contributed by atoms with van der Waals surface area (Å²) in [5, 5.41) is 6.60. The zero-order chi connectivity index (χ0) is 17.9. The molecule has 1 aromatic rings. The van der Waals surface area contributed by atoms with Gasteiger partial charge in [0.25, 0.3) is 0 Å². The average Bonchev–Trinajstić information content (AvgIpc) is 2.85. The second-order valence-corrected chi connectivity index (χ2v) is 8.41. The Morgan fingerprint density at radius 3 is 2.38 bits per heavy atom. The Morgan fingerprint density at radius 1 is 1.25 bits per heavy atom. The van der Waals surface area contributed by atoms with Crippen molar-refractivity contribution in [2.24, 2.45) is 5.92 Å². The Kier molecular flexibility index (Phi) is 6.00. The Hall–Kier alpha value is -1.45. The van der Waals surface area contributed by atoms with Crippen LogP contribution in [0, 0.1) is 19.8 Å². The fraction of sp³-hybridized carbons (Fsp3) is 0.733. The lowest BCUT2D eigenvalue weighted by Crippen LogP contribution is -2.51. The summed E-state index contributed by atoms with van der Waals surface area (Å²) in [5.74, 6) is 0.694. The second kappa shape index (κ2) is 7.62. The fourth-order valence-corrected chi connectivity index (χ4v) is 4.39.